The Kier molecular flexibility index (Phi) is 36.2. The molecule has 25 heteroatoms. The molecular formula is C68H121N11O14. The van der Waals surface area contributed by atoms with Crippen LogP contribution in [-0.4, -0.2) is 241 Å². The Labute approximate surface area is 556 Å². The van der Waals surface area contributed by atoms with E-state index in [1.807, 2.05) is 81.4 Å². The van der Waals surface area contributed by atoms with E-state index in [0.717, 1.165) is 9.80 Å². The van der Waals surface area contributed by atoms with E-state index in [9.17, 15) is 28.8 Å². The van der Waals surface area contributed by atoms with Crippen LogP contribution in [0.5, 0.6) is 0 Å². The van der Waals surface area contributed by atoms with Gasteiger partial charge in [0.1, 0.15) is 73.1 Å². The highest BCUT2D eigenvalue weighted by Gasteiger charge is 2.45. The van der Waals surface area contributed by atoms with Gasteiger partial charge in [-0.15, -0.1) is 0 Å². The molecule has 1 aliphatic rings. The minimum Gasteiger partial charge on any atom is -0.464 e. The molecular weight excluding hydrogens is 1190 g/mol. The number of carbonyl (C=O) groups is 12. The summed E-state index contributed by atoms with van der Waals surface area (Å²) in [5.74, 6) is -9.93. The predicted molar refractivity (Wildman–Crippen MR) is 358 cm³/mol. The average molecular weight is 1320 g/mol. The Morgan fingerprint density at radius 1 is 0.462 bits per heavy atom. The largest absolute Gasteiger partial charge is 0.464 e. The van der Waals surface area contributed by atoms with Crippen LogP contribution in [0.25, 0.3) is 0 Å². The maximum atomic E-state index is 15.3. The molecule has 93 heavy (non-hydrogen) atoms. The maximum Gasteiger partial charge on any atom is 0.332 e. The highest BCUT2D eigenvalue weighted by Crippen LogP contribution is 2.26. The summed E-state index contributed by atoms with van der Waals surface area (Å²) in [7, 11) is 10.0. The molecule has 1 aliphatic heterocycles. The second-order valence-corrected chi connectivity index (χ2v) is 27.9. The van der Waals surface area contributed by atoms with E-state index >= 15 is 28.8 Å². The van der Waals surface area contributed by atoms with E-state index in [1.165, 1.54) is 87.7 Å². The second kappa shape index (κ2) is 39.9. The summed E-state index contributed by atoms with van der Waals surface area (Å²) in [6.45, 7) is 30.9. The van der Waals surface area contributed by atoms with Gasteiger partial charge >= 0.3 is 5.97 Å². The van der Waals surface area contributed by atoms with Crippen molar-refractivity contribution >= 4 is 70.9 Å². The van der Waals surface area contributed by atoms with Gasteiger partial charge in [-0.25, -0.2) is 4.79 Å². The molecule has 1 fully saturated rings. The van der Waals surface area contributed by atoms with Crippen molar-refractivity contribution < 1.29 is 67.0 Å². The molecule has 532 valence electrons. The molecule has 1 heterocycles. The number of ether oxygens (including phenoxy) is 2. The van der Waals surface area contributed by atoms with Gasteiger partial charge in [-0.2, -0.15) is 0 Å². The molecule has 0 unspecified atom stereocenters. The molecule has 0 aromatic carbocycles. The molecule has 0 spiro atoms. The van der Waals surface area contributed by atoms with Crippen LogP contribution in [0.15, 0.2) is 12.2 Å². The monoisotopic (exact) mass is 1320 g/mol. The van der Waals surface area contributed by atoms with Gasteiger partial charge in [0, 0.05) is 49.3 Å². The standard InChI is InChI=1S/C68H121N11O14/c1-26-29-30-45(16)36-51-60(83)71-48(27-2)63(86)78(24)54(37-92-38-55(80)93-28-3)66(89)74(20)50(33-40(6)7)61(84)72-56(43(12)13)67(90)73(19)49(32-31-39(4)5)59(82)69-46(17)58(81)70-47(18)62(85)76(22)52(34-41(8)9)64(87)77(23)53(35-42(10)11)65(88)79(25)57(44(14)15)68(91)75(51)21/h26,29,39-54,56-57H,27-28,30-38H2,1-25H3,(H,69,82)(H,70,81)(H,71,83)(H,72,84)/b29-26+/t45-,46-,47+,48+,49-,50+,51+,52+,53+,54-,56-,57+/m1/s1. The van der Waals surface area contributed by atoms with Crippen molar-refractivity contribution in [1.29, 1.82) is 0 Å². The first kappa shape index (κ1) is 84.4. The van der Waals surface area contributed by atoms with Gasteiger partial charge in [0.2, 0.25) is 65.0 Å². The average Bonchev–Trinajstić information content (AvgIpc) is 0.828. The van der Waals surface area contributed by atoms with Gasteiger partial charge in [-0.3, -0.25) is 52.7 Å². The van der Waals surface area contributed by atoms with Gasteiger partial charge in [0.15, 0.2) is 0 Å². The van der Waals surface area contributed by atoms with Crippen LogP contribution in [0.2, 0.25) is 0 Å². The van der Waals surface area contributed by atoms with Gasteiger partial charge in [-0.1, -0.05) is 109 Å². The molecule has 12 atom stereocenters. The van der Waals surface area contributed by atoms with Gasteiger partial charge < -0.3 is 65.0 Å². The molecule has 11 amide bonds. The Hall–Kier alpha value is -6.66. The molecule has 0 saturated carbocycles. The third kappa shape index (κ3) is 25.2. The van der Waals surface area contributed by atoms with Crippen LogP contribution in [-0.2, 0) is 67.0 Å². The Bertz CT molecular complexity index is 2540. The van der Waals surface area contributed by atoms with Gasteiger partial charge in [-0.05, 0) is 120 Å². The molecule has 0 aliphatic carbocycles. The third-order valence-corrected chi connectivity index (χ3v) is 17.3. The number of nitrogens with one attached hydrogen (secondary N) is 4. The van der Waals surface area contributed by atoms with Crippen LogP contribution in [0.4, 0.5) is 0 Å². The molecule has 25 nitrogen and oxygen atoms in total. The van der Waals surface area contributed by atoms with Crippen molar-refractivity contribution in [2.45, 2.75) is 242 Å². The van der Waals surface area contributed by atoms with Crippen molar-refractivity contribution in [1.82, 2.24) is 55.6 Å². The summed E-state index contributed by atoms with van der Waals surface area (Å²) in [4.78, 5) is 185. The fourth-order valence-electron chi connectivity index (χ4n) is 11.5. The van der Waals surface area contributed by atoms with E-state index in [4.69, 9.17) is 9.47 Å². The number of nitrogens with zero attached hydrogens (tertiary/aromatic N) is 7. The third-order valence-electron chi connectivity index (χ3n) is 17.3. The smallest absolute Gasteiger partial charge is 0.332 e. The van der Waals surface area contributed by atoms with E-state index in [0.29, 0.717) is 12.8 Å². The summed E-state index contributed by atoms with van der Waals surface area (Å²) in [6, 6.07) is -13.7. The zero-order valence-corrected chi connectivity index (χ0v) is 61.2. The molecule has 0 aromatic rings. The normalized spacial score (nSPS) is 26.0. The number of allylic oxidation sites excluding steroid dienone is 2. The first-order valence-electron chi connectivity index (χ1n) is 33.6. The Balaban J connectivity index is 4.51. The van der Waals surface area contributed by atoms with Gasteiger partial charge in [0.05, 0.1) is 13.2 Å². The lowest BCUT2D eigenvalue weighted by molar-refractivity contribution is -0.156. The number of esters is 1. The van der Waals surface area contributed by atoms with Gasteiger partial charge in [0.25, 0.3) is 0 Å². The zero-order valence-electron chi connectivity index (χ0n) is 61.2. The van der Waals surface area contributed by atoms with Crippen molar-refractivity contribution in [3.8, 4) is 0 Å². The van der Waals surface area contributed by atoms with Crippen LogP contribution in [0.3, 0.4) is 0 Å². The summed E-state index contributed by atoms with van der Waals surface area (Å²) >= 11 is 0. The number of hydrogen-bond donors (Lipinski definition) is 4. The lowest BCUT2D eigenvalue weighted by Crippen LogP contribution is -2.62. The number of rotatable bonds is 21. The van der Waals surface area contributed by atoms with E-state index in [1.54, 1.807) is 41.5 Å². The number of hydrogen-bond acceptors (Lipinski definition) is 14. The summed E-state index contributed by atoms with van der Waals surface area (Å²) in [5, 5.41) is 11.2. The highest BCUT2D eigenvalue weighted by molar-refractivity contribution is 6.00. The number of likely N-dealkylation sites (N-methyl/N-ethyl adjacent to an activating group) is 7. The highest BCUT2D eigenvalue weighted by atomic mass is 16.6. The van der Waals surface area contributed by atoms with Crippen LogP contribution in [0.1, 0.15) is 176 Å². The zero-order chi connectivity index (χ0) is 71.8. The molecule has 1 rings (SSSR count). The minimum atomic E-state index is -1.53. The van der Waals surface area contributed by atoms with E-state index in [-0.39, 0.29) is 74.7 Å². The van der Waals surface area contributed by atoms with Crippen molar-refractivity contribution in [3.63, 3.8) is 0 Å². The molecule has 0 radical (unpaired) electrons. The van der Waals surface area contributed by atoms with Crippen LogP contribution < -0.4 is 21.3 Å². The minimum absolute atomic E-state index is 0.00430. The first-order chi connectivity index (χ1) is 43.1. The number of carbonyl (C=O) groups excluding carboxylic acids is 12. The SMILES string of the molecule is C/C=C/C[C@@H](C)C[C@H]1C(=O)N[C@@H](CC)C(=O)N(C)[C@H](COCC(=O)OCC)C(=O)N(C)[C@@H](CC(C)C)C(=O)N[C@H](C(C)C)C(=O)N(C)[C@H](CCC(C)C)C(=O)N[C@H](C)C(=O)N[C@@H](C)C(=O)N(C)[C@@H](CC(C)C)C(=O)N(C)[C@@H](CC(C)C)C(=O)N(C)[C@@H](C(C)C)C(=O)N1C. The summed E-state index contributed by atoms with van der Waals surface area (Å²) < 4.78 is 10.9. The topological polar surface area (TPSA) is 294 Å². The van der Waals surface area contributed by atoms with Crippen LogP contribution >= 0.6 is 0 Å². The molecule has 4 N–H and O–H groups in total. The van der Waals surface area contributed by atoms with Crippen molar-refractivity contribution in [2.24, 2.45) is 41.4 Å². The lowest BCUT2D eigenvalue weighted by Gasteiger charge is -2.41. The molecule has 0 aromatic heterocycles. The van der Waals surface area contributed by atoms with E-state index in [2.05, 4.69) is 21.3 Å². The fraction of sp³-hybridized carbons (Fsp3) is 0.794. The maximum absolute atomic E-state index is 15.3. The second-order valence-electron chi connectivity index (χ2n) is 27.9. The van der Waals surface area contributed by atoms with Crippen LogP contribution in [0, 0.1) is 41.4 Å². The fourth-order valence-corrected chi connectivity index (χ4v) is 11.5. The summed E-state index contributed by atoms with van der Waals surface area (Å²) in [6.07, 6.45) is 5.46. The molecule has 0 bridgehead atoms. The van der Waals surface area contributed by atoms with Crippen molar-refractivity contribution in [3.05, 3.63) is 12.2 Å². The summed E-state index contributed by atoms with van der Waals surface area (Å²) in [5.41, 5.74) is 0. The number of amides is 11. The molecule has 1 saturated heterocycles. The Morgan fingerprint density at radius 2 is 0.892 bits per heavy atom. The van der Waals surface area contributed by atoms with E-state index < -0.39 is 162 Å². The van der Waals surface area contributed by atoms with Crippen molar-refractivity contribution in [2.75, 3.05) is 69.2 Å². The first-order valence-corrected chi connectivity index (χ1v) is 33.6. The quantitative estimate of drug-likeness (QED) is 0.0900. The predicted octanol–water partition coefficient (Wildman–Crippen LogP) is 4.64. The lowest BCUT2D eigenvalue weighted by atomic mass is 9.93. The Morgan fingerprint density at radius 3 is 1.38 bits per heavy atom.